The monoisotopic (exact) mass is 420 g/mol. The van der Waals surface area contributed by atoms with Gasteiger partial charge < -0.3 is 20.6 Å². The van der Waals surface area contributed by atoms with Crippen LogP contribution in [0.25, 0.3) is 32.6 Å². The second kappa shape index (κ2) is 6.85. The number of nitrogens with zero attached hydrogens (tertiary/aromatic N) is 3. The summed E-state index contributed by atoms with van der Waals surface area (Å²) in [6, 6.07) is 8.15. The van der Waals surface area contributed by atoms with Gasteiger partial charge in [0.05, 0.1) is 26.9 Å². The predicted octanol–water partition coefficient (Wildman–Crippen LogP) is 3.25. The molecule has 4 heterocycles. The quantitative estimate of drug-likeness (QED) is 0.471. The van der Waals surface area contributed by atoms with Crippen LogP contribution in [0.4, 0.5) is 11.4 Å². The first-order chi connectivity index (χ1) is 14.7. The number of imidazole rings is 1. The molecular weight excluding hydrogens is 396 g/mol. The minimum absolute atomic E-state index is 0.218. The number of aromatic amines is 2. The molecule has 6 rings (SSSR count). The molecule has 0 atom stereocenters. The van der Waals surface area contributed by atoms with Crippen LogP contribution < -0.4 is 16.2 Å². The molecule has 154 valence electrons. The maximum Gasteiger partial charge on any atom is 0.261 e. The van der Waals surface area contributed by atoms with Gasteiger partial charge in [-0.15, -0.1) is 11.3 Å². The van der Waals surface area contributed by atoms with E-state index >= 15 is 0 Å². The first-order valence-corrected chi connectivity index (χ1v) is 11.4. The number of thiophene rings is 1. The number of piperazine rings is 1. The Morgan fingerprint density at radius 2 is 1.93 bits per heavy atom. The fourth-order valence-corrected chi connectivity index (χ4v) is 5.25. The zero-order chi connectivity index (χ0) is 20.2. The highest BCUT2D eigenvalue weighted by Gasteiger charge is 2.26. The molecule has 1 aromatic carbocycles. The number of nitrogens with one attached hydrogen (secondary N) is 2. The largest absolute Gasteiger partial charge is 0.397 e. The summed E-state index contributed by atoms with van der Waals surface area (Å²) in [6.07, 6.45) is 2.82. The number of nitrogens with two attached hydrogens (primary N) is 1. The number of hydrogen-bond acceptors (Lipinski definition) is 6. The number of rotatable bonds is 4. The Morgan fingerprint density at radius 1 is 1.10 bits per heavy atom. The van der Waals surface area contributed by atoms with Gasteiger partial charge >= 0.3 is 0 Å². The van der Waals surface area contributed by atoms with Crippen molar-refractivity contribution < 1.29 is 0 Å². The van der Waals surface area contributed by atoms with Crippen molar-refractivity contribution in [2.75, 3.05) is 43.4 Å². The van der Waals surface area contributed by atoms with Gasteiger partial charge in [-0.2, -0.15) is 0 Å². The average molecular weight is 421 g/mol. The van der Waals surface area contributed by atoms with E-state index in [0.717, 1.165) is 53.3 Å². The number of pyridine rings is 1. The molecule has 1 aliphatic heterocycles. The smallest absolute Gasteiger partial charge is 0.261 e. The van der Waals surface area contributed by atoms with E-state index in [1.54, 1.807) is 0 Å². The number of aromatic nitrogens is 3. The number of benzene rings is 1. The third-order valence-electron chi connectivity index (χ3n) is 6.31. The van der Waals surface area contributed by atoms with Crippen molar-refractivity contribution in [3.8, 4) is 11.4 Å². The molecule has 0 amide bonds. The summed E-state index contributed by atoms with van der Waals surface area (Å²) in [4.78, 5) is 28.6. The molecule has 2 fully saturated rings. The normalized spacial score (nSPS) is 17.9. The Balaban J connectivity index is 1.30. The number of hydrogen-bond donors (Lipinski definition) is 3. The molecule has 0 radical (unpaired) electrons. The van der Waals surface area contributed by atoms with Gasteiger partial charge in [0.2, 0.25) is 0 Å². The van der Waals surface area contributed by atoms with Crippen molar-refractivity contribution in [1.82, 2.24) is 19.9 Å². The van der Waals surface area contributed by atoms with Crippen LogP contribution in [0.5, 0.6) is 0 Å². The molecule has 1 aliphatic carbocycles. The molecule has 4 aromatic rings. The average Bonchev–Trinajstić information content (AvgIpc) is 3.26. The molecule has 1 saturated carbocycles. The van der Waals surface area contributed by atoms with Gasteiger partial charge in [0.25, 0.3) is 5.56 Å². The van der Waals surface area contributed by atoms with Crippen LogP contribution in [0, 0.1) is 5.92 Å². The number of anilines is 2. The minimum atomic E-state index is -0.218. The molecule has 8 heteroatoms. The fourth-order valence-electron chi connectivity index (χ4n) is 4.44. The fraction of sp³-hybridized carbons (Fsp3) is 0.364. The summed E-state index contributed by atoms with van der Waals surface area (Å²) in [5.41, 5.74) is 10.7. The van der Waals surface area contributed by atoms with Gasteiger partial charge in [-0.1, -0.05) is 0 Å². The standard InChI is InChI=1S/C22H24N6OS/c23-19-18(22(29)26-16-5-10-30-20(16)19)21-24-15-4-3-14(11-17(15)25-21)28-8-6-27(7-9-28)12-13-1-2-13/h3-5,10-11,13H,1-2,6-9,12H2,(H,24,25)(H3,23,26,29). The highest BCUT2D eigenvalue weighted by atomic mass is 32.1. The Hall–Kier alpha value is -2.84. The van der Waals surface area contributed by atoms with Crippen LogP contribution in [0.2, 0.25) is 0 Å². The summed E-state index contributed by atoms with van der Waals surface area (Å²) < 4.78 is 0.884. The highest BCUT2D eigenvalue weighted by molar-refractivity contribution is 7.17. The van der Waals surface area contributed by atoms with Crippen molar-refractivity contribution in [2.45, 2.75) is 12.8 Å². The van der Waals surface area contributed by atoms with E-state index in [2.05, 4.69) is 36.9 Å². The third kappa shape index (κ3) is 3.07. The van der Waals surface area contributed by atoms with Gasteiger partial charge in [-0.05, 0) is 48.4 Å². The lowest BCUT2D eigenvalue weighted by Crippen LogP contribution is -2.47. The van der Waals surface area contributed by atoms with Gasteiger partial charge in [-0.25, -0.2) is 4.98 Å². The highest BCUT2D eigenvalue weighted by Crippen LogP contribution is 2.33. The van der Waals surface area contributed by atoms with Gasteiger partial charge in [0.15, 0.2) is 0 Å². The molecule has 0 spiro atoms. The topological polar surface area (TPSA) is 94.0 Å². The van der Waals surface area contributed by atoms with Crippen LogP contribution in [0.15, 0.2) is 34.4 Å². The van der Waals surface area contributed by atoms with E-state index in [4.69, 9.17) is 5.73 Å². The van der Waals surface area contributed by atoms with Crippen molar-refractivity contribution in [3.63, 3.8) is 0 Å². The third-order valence-corrected chi connectivity index (χ3v) is 7.26. The van der Waals surface area contributed by atoms with E-state index in [0.29, 0.717) is 17.1 Å². The van der Waals surface area contributed by atoms with Crippen LogP contribution in [-0.4, -0.2) is 52.6 Å². The molecule has 3 aromatic heterocycles. The Bertz CT molecular complexity index is 1290. The SMILES string of the molecule is Nc1c(-c2nc3ccc(N4CCN(CC5CC5)CC4)cc3[nH]2)c(=O)[nH]c2ccsc12. The van der Waals surface area contributed by atoms with Crippen molar-refractivity contribution in [2.24, 2.45) is 5.92 Å². The molecule has 2 aliphatic rings. The second-order valence-corrected chi connectivity index (χ2v) is 9.34. The number of nitrogen functional groups attached to an aromatic ring is 1. The maximum absolute atomic E-state index is 12.7. The van der Waals surface area contributed by atoms with Crippen LogP contribution >= 0.6 is 11.3 Å². The van der Waals surface area contributed by atoms with Gasteiger partial charge in [0, 0.05) is 38.4 Å². The summed E-state index contributed by atoms with van der Waals surface area (Å²) in [5.74, 6) is 1.46. The number of fused-ring (bicyclic) bond motifs is 2. The van der Waals surface area contributed by atoms with E-state index in [-0.39, 0.29) is 5.56 Å². The van der Waals surface area contributed by atoms with Crippen LogP contribution in [-0.2, 0) is 0 Å². The van der Waals surface area contributed by atoms with Crippen LogP contribution in [0.3, 0.4) is 0 Å². The summed E-state index contributed by atoms with van der Waals surface area (Å²) in [6.45, 7) is 5.59. The molecule has 0 bridgehead atoms. The van der Waals surface area contributed by atoms with Gasteiger partial charge in [-0.3, -0.25) is 9.69 Å². The van der Waals surface area contributed by atoms with E-state index in [1.807, 2.05) is 17.5 Å². The Kier molecular flexibility index (Phi) is 4.10. The molecule has 1 saturated heterocycles. The zero-order valence-corrected chi connectivity index (χ0v) is 17.5. The van der Waals surface area contributed by atoms with Crippen molar-refractivity contribution in [3.05, 3.63) is 40.0 Å². The zero-order valence-electron chi connectivity index (χ0n) is 16.6. The Morgan fingerprint density at radius 3 is 2.73 bits per heavy atom. The maximum atomic E-state index is 12.7. The lowest BCUT2D eigenvalue weighted by molar-refractivity contribution is 0.248. The lowest BCUT2D eigenvalue weighted by Gasteiger charge is -2.36. The first kappa shape index (κ1) is 18.0. The number of H-pyrrole nitrogens is 2. The van der Waals surface area contributed by atoms with Crippen LogP contribution in [0.1, 0.15) is 12.8 Å². The minimum Gasteiger partial charge on any atom is -0.397 e. The van der Waals surface area contributed by atoms with E-state index in [9.17, 15) is 4.79 Å². The van der Waals surface area contributed by atoms with Crippen molar-refractivity contribution in [1.29, 1.82) is 0 Å². The van der Waals surface area contributed by atoms with E-state index < -0.39 is 0 Å². The molecule has 4 N–H and O–H groups in total. The molecule has 30 heavy (non-hydrogen) atoms. The van der Waals surface area contributed by atoms with Gasteiger partial charge in [0.1, 0.15) is 11.4 Å². The van der Waals surface area contributed by atoms with E-state index in [1.165, 1.54) is 36.4 Å². The summed E-state index contributed by atoms with van der Waals surface area (Å²) >= 11 is 1.52. The Labute approximate surface area is 177 Å². The molecule has 7 nitrogen and oxygen atoms in total. The summed E-state index contributed by atoms with van der Waals surface area (Å²) in [5, 5.41) is 1.93. The summed E-state index contributed by atoms with van der Waals surface area (Å²) in [7, 11) is 0. The molecule has 0 unspecified atom stereocenters. The lowest BCUT2D eigenvalue weighted by atomic mass is 10.2. The second-order valence-electron chi connectivity index (χ2n) is 8.42. The molecular formula is C22H24N6OS. The first-order valence-electron chi connectivity index (χ1n) is 10.5. The predicted molar refractivity (Wildman–Crippen MR) is 123 cm³/mol. The van der Waals surface area contributed by atoms with Crippen molar-refractivity contribution >= 4 is 44.0 Å².